The van der Waals surface area contributed by atoms with Gasteiger partial charge >= 0.3 is 0 Å². The Labute approximate surface area is 153 Å². The van der Waals surface area contributed by atoms with Crippen molar-refractivity contribution in [3.05, 3.63) is 30.1 Å². The summed E-state index contributed by atoms with van der Waals surface area (Å²) in [4.78, 5) is 32.4. The summed E-state index contributed by atoms with van der Waals surface area (Å²) < 4.78 is 29.8. The summed E-state index contributed by atoms with van der Waals surface area (Å²) >= 11 is 0. The first-order valence-corrected chi connectivity index (χ1v) is 10.4. The third-order valence-corrected chi connectivity index (χ3v) is 6.38. The molecule has 1 aromatic rings. The number of rotatable bonds is 4. The smallest absolute Gasteiger partial charge is 0.272 e. The van der Waals surface area contributed by atoms with Crippen LogP contribution in [0.2, 0.25) is 0 Å². The molecule has 26 heavy (non-hydrogen) atoms. The molecule has 142 valence electrons. The van der Waals surface area contributed by atoms with Crippen LogP contribution in [-0.4, -0.2) is 84.4 Å². The normalized spacial score (nSPS) is 24.6. The highest BCUT2D eigenvalue weighted by atomic mass is 32.2. The van der Waals surface area contributed by atoms with E-state index in [4.69, 9.17) is 4.74 Å². The number of carbonyl (C=O) groups excluding carboxylic acids is 2. The van der Waals surface area contributed by atoms with E-state index in [9.17, 15) is 18.0 Å². The molecule has 2 amide bonds. The van der Waals surface area contributed by atoms with E-state index in [1.165, 1.54) is 6.20 Å². The van der Waals surface area contributed by atoms with Crippen LogP contribution in [-0.2, 0) is 19.4 Å². The molecule has 9 heteroatoms. The number of fused-ring (bicyclic) bond motifs is 1. The molecule has 0 aliphatic carbocycles. The lowest BCUT2D eigenvalue weighted by atomic mass is 10.0. The first-order valence-electron chi connectivity index (χ1n) is 8.62. The van der Waals surface area contributed by atoms with Crippen molar-refractivity contribution in [3.8, 4) is 0 Å². The first kappa shape index (κ1) is 18.8. The van der Waals surface area contributed by atoms with Gasteiger partial charge in [0.1, 0.15) is 12.3 Å². The van der Waals surface area contributed by atoms with E-state index >= 15 is 0 Å². The van der Waals surface area contributed by atoms with Gasteiger partial charge in [-0.15, -0.1) is 0 Å². The van der Waals surface area contributed by atoms with E-state index in [1.807, 2.05) is 13.8 Å². The predicted molar refractivity (Wildman–Crippen MR) is 94.3 cm³/mol. The molecule has 2 fully saturated rings. The molecule has 1 aromatic heterocycles. The molecule has 0 aromatic carbocycles. The van der Waals surface area contributed by atoms with Crippen LogP contribution in [0, 0.1) is 0 Å². The van der Waals surface area contributed by atoms with Crippen LogP contribution in [0.25, 0.3) is 0 Å². The summed E-state index contributed by atoms with van der Waals surface area (Å²) in [7, 11) is -3.32. The highest BCUT2D eigenvalue weighted by molar-refractivity contribution is 7.91. The maximum Gasteiger partial charge on any atom is 0.272 e. The number of sulfone groups is 1. The summed E-state index contributed by atoms with van der Waals surface area (Å²) in [6.07, 6.45) is 1.44. The summed E-state index contributed by atoms with van der Waals surface area (Å²) in [5.74, 6) is -0.804. The molecule has 0 unspecified atom stereocenters. The van der Waals surface area contributed by atoms with Crippen molar-refractivity contribution < 1.29 is 22.7 Å². The van der Waals surface area contributed by atoms with Crippen LogP contribution in [0.3, 0.4) is 0 Å². The third-order valence-electron chi connectivity index (χ3n) is 4.68. The fourth-order valence-electron chi connectivity index (χ4n) is 3.47. The van der Waals surface area contributed by atoms with Crippen molar-refractivity contribution >= 4 is 21.7 Å². The van der Waals surface area contributed by atoms with E-state index < -0.39 is 21.9 Å². The lowest BCUT2D eigenvalue weighted by Crippen LogP contribution is -2.62. The van der Waals surface area contributed by atoms with Crippen molar-refractivity contribution in [2.45, 2.75) is 32.0 Å². The Morgan fingerprint density at radius 2 is 1.85 bits per heavy atom. The maximum absolute atomic E-state index is 12.8. The van der Waals surface area contributed by atoms with Crippen molar-refractivity contribution in [2.75, 3.05) is 31.2 Å². The molecule has 8 nitrogen and oxygen atoms in total. The third kappa shape index (κ3) is 3.88. The lowest BCUT2D eigenvalue weighted by Gasteiger charge is -2.43. The zero-order valence-electron chi connectivity index (χ0n) is 14.9. The van der Waals surface area contributed by atoms with Gasteiger partial charge in [0.25, 0.3) is 5.91 Å². The monoisotopic (exact) mass is 381 g/mol. The first-order chi connectivity index (χ1) is 12.3. The van der Waals surface area contributed by atoms with Crippen LogP contribution in [0.5, 0.6) is 0 Å². The molecular weight excluding hydrogens is 358 g/mol. The summed E-state index contributed by atoms with van der Waals surface area (Å²) in [6.45, 7) is 4.14. The van der Waals surface area contributed by atoms with Crippen molar-refractivity contribution in [1.29, 1.82) is 0 Å². The molecule has 0 saturated carbocycles. The minimum absolute atomic E-state index is 0.0882. The van der Waals surface area contributed by atoms with E-state index in [2.05, 4.69) is 4.98 Å². The van der Waals surface area contributed by atoms with Crippen molar-refractivity contribution in [3.63, 3.8) is 0 Å². The largest absolute Gasteiger partial charge is 0.369 e. The Balaban J connectivity index is 1.81. The molecule has 2 atom stereocenters. The van der Waals surface area contributed by atoms with Gasteiger partial charge < -0.3 is 14.5 Å². The maximum atomic E-state index is 12.8. The summed E-state index contributed by atoms with van der Waals surface area (Å²) in [5.41, 5.74) is 0.276. The predicted octanol–water partition coefficient (Wildman–Crippen LogP) is -0.0434. The average Bonchev–Trinajstić information content (AvgIpc) is 2.93. The Kier molecular flexibility index (Phi) is 5.29. The second kappa shape index (κ2) is 7.32. The lowest BCUT2D eigenvalue weighted by molar-refractivity contribution is -0.142. The van der Waals surface area contributed by atoms with Gasteiger partial charge in [-0.1, -0.05) is 6.07 Å². The Morgan fingerprint density at radius 1 is 1.19 bits per heavy atom. The van der Waals surface area contributed by atoms with Crippen molar-refractivity contribution in [2.24, 2.45) is 0 Å². The van der Waals surface area contributed by atoms with Gasteiger partial charge in [0, 0.05) is 19.3 Å². The summed E-state index contributed by atoms with van der Waals surface area (Å²) in [5, 5.41) is 0. The second-order valence-corrected chi connectivity index (χ2v) is 9.03. The van der Waals surface area contributed by atoms with Crippen LogP contribution >= 0.6 is 0 Å². The molecule has 2 aliphatic rings. The van der Waals surface area contributed by atoms with Gasteiger partial charge in [0.05, 0.1) is 29.7 Å². The van der Waals surface area contributed by atoms with Gasteiger partial charge in [-0.2, -0.15) is 0 Å². The zero-order valence-corrected chi connectivity index (χ0v) is 15.7. The van der Waals surface area contributed by atoms with E-state index in [0.717, 1.165) is 0 Å². The average molecular weight is 381 g/mol. The van der Waals surface area contributed by atoms with Gasteiger partial charge in [-0.25, -0.2) is 8.42 Å². The Morgan fingerprint density at radius 3 is 2.46 bits per heavy atom. The van der Waals surface area contributed by atoms with Crippen LogP contribution in [0.1, 0.15) is 24.3 Å². The van der Waals surface area contributed by atoms with Crippen molar-refractivity contribution in [1.82, 2.24) is 14.8 Å². The number of nitrogens with zero attached hydrogens (tertiary/aromatic N) is 3. The molecule has 0 bridgehead atoms. The molecule has 0 spiro atoms. The number of ether oxygens (including phenoxy) is 1. The van der Waals surface area contributed by atoms with Gasteiger partial charge in [0.2, 0.25) is 5.91 Å². The Bertz CT molecular complexity index is 781. The standard InChI is InChI=1S/C17H23N3O5S/c1-12(2)25-9-16(21)19-7-8-20(15-11-26(23,24)10-14(15)19)17(22)13-5-3-4-6-18-13/h3-6,12,14-15H,7-11H2,1-2H3/t14-,15+/m0/s1. The van der Waals surface area contributed by atoms with E-state index in [-0.39, 0.29) is 54.8 Å². The number of piperazine rings is 1. The van der Waals surface area contributed by atoms with Gasteiger partial charge in [0.15, 0.2) is 9.84 Å². The molecule has 3 heterocycles. The fourth-order valence-corrected chi connectivity index (χ4v) is 5.45. The molecule has 0 N–H and O–H groups in total. The molecule has 3 rings (SSSR count). The fraction of sp³-hybridized carbons (Fsp3) is 0.588. The number of amides is 2. The number of pyridine rings is 1. The molecule has 0 radical (unpaired) electrons. The highest BCUT2D eigenvalue weighted by Gasteiger charge is 2.49. The van der Waals surface area contributed by atoms with Gasteiger partial charge in [-0.3, -0.25) is 14.6 Å². The minimum atomic E-state index is -3.32. The van der Waals surface area contributed by atoms with Crippen LogP contribution < -0.4 is 0 Å². The number of aromatic nitrogens is 1. The number of hydrogen-bond donors (Lipinski definition) is 0. The molecular formula is C17H23N3O5S. The zero-order chi connectivity index (χ0) is 18.9. The number of hydrogen-bond acceptors (Lipinski definition) is 6. The van der Waals surface area contributed by atoms with Crippen LogP contribution in [0.4, 0.5) is 0 Å². The summed E-state index contributed by atoms with van der Waals surface area (Å²) in [6, 6.07) is 3.95. The SMILES string of the molecule is CC(C)OCC(=O)N1CCN(C(=O)c2ccccn2)[C@@H]2CS(=O)(=O)C[C@@H]21. The van der Waals surface area contributed by atoms with Gasteiger partial charge in [-0.05, 0) is 26.0 Å². The second-order valence-electron chi connectivity index (χ2n) is 6.87. The molecule has 2 aliphatic heterocycles. The minimum Gasteiger partial charge on any atom is -0.369 e. The molecule has 2 saturated heterocycles. The topological polar surface area (TPSA) is 96.9 Å². The highest BCUT2D eigenvalue weighted by Crippen LogP contribution is 2.28. The van der Waals surface area contributed by atoms with E-state index in [0.29, 0.717) is 0 Å². The Hall–Kier alpha value is -2.00. The van der Waals surface area contributed by atoms with E-state index in [1.54, 1.807) is 28.0 Å². The van der Waals surface area contributed by atoms with Crippen LogP contribution in [0.15, 0.2) is 24.4 Å². The quantitative estimate of drug-likeness (QED) is 0.726. The number of carbonyl (C=O) groups is 2.